The van der Waals surface area contributed by atoms with Crippen molar-refractivity contribution in [1.29, 1.82) is 0 Å². The maximum absolute atomic E-state index is 11.3. The van der Waals surface area contributed by atoms with Crippen LogP contribution in [0.5, 0.6) is 0 Å². The minimum atomic E-state index is 0.275. The van der Waals surface area contributed by atoms with Gasteiger partial charge in [0.05, 0.1) is 0 Å². The van der Waals surface area contributed by atoms with Gasteiger partial charge in [-0.05, 0) is 30.1 Å². The van der Waals surface area contributed by atoms with Gasteiger partial charge < -0.3 is 5.32 Å². The van der Waals surface area contributed by atoms with Crippen LogP contribution in [0.15, 0.2) is 0 Å². The summed E-state index contributed by atoms with van der Waals surface area (Å²) in [6.07, 6.45) is 5.92. The molecule has 0 aromatic carbocycles. The van der Waals surface area contributed by atoms with E-state index in [9.17, 15) is 4.79 Å². The van der Waals surface area contributed by atoms with Crippen molar-refractivity contribution >= 4 is 5.91 Å². The van der Waals surface area contributed by atoms with E-state index < -0.39 is 0 Å². The zero-order valence-electron chi connectivity index (χ0n) is 9.31. The number of nitrogens with one attached hydrogen (secondary N) is 1. The van der Waals surface area contributed by atoms with E-state index in [2.05, 4.69) is 19.2 Å². The summed E-state index contributed by atoms with van der Waals surface area (Å²) in [5, 5.41) is 3.00. The third kappa shape index (κ3) is 1.55. The highest BCUT2D eigenvalue weighted by atomic mass is 16.1. The van der Waals surface area contributed by atoms with E-state index in [4.69, 9.17) is 0 Å². The molecule has 1 N–H and O–H groups in total. The summed E-state index contributed by atoms with van der Waals surface area (Å²) in [5.41, 5.74) is 0.346. The molecule has 2 rings (SSSR count). The molecule has 1 amide bonds. The first-order valence-corrected chi connectivity index (χ1v) is 5.96. The molecular formula is C12H21NO. The fraction of sp³-hybridized carbons (Fsp3) is 0.917. The average molecular weight is 195 g/mol. The molecule has 0 unspecified atom stereocenters. The van der Waals surface area contributed by atoms with Crippen molar-refractivity contribution in [3.63, 3.8) is 0 Å². The van der Waals surface area contributed by atoms with Gasteiger partial charge in [-0.2, -0.15) is 0 Å². The smallest absolute Gasteiger partial charge is 0.220 e. The summed E-state index contributed by atoms with van der Waals surface area (Å²) < 4.78 is 0. The highest BCUT2D eigenvalue weighted by Gasteiger charge is 2.47. The lowest BCUT2D eigenvalue weighted by Gasteiger charge is -2.20. The predicted octanol–water partition coefficient (Wildman–Crippen LogP) is 2.34. The Bertz CT molecular complexity index is 224. The zero-order chi connectivity index (χ0) is 10.2. The Morgan fingerprint density at radius 1 is 1.29 bits per heavy atom. The summed E-state index contributed by atoms with van der Waals surface area (Å²) in [7, 11) is 0. The predicted molar refractivity (Wildman–Crippen MR) is 56.9 cm³/mol. The number of rotatable bonds is 2. The molecule has 2 aliphatic rings. The lowest BCUT2D eigenvalue weighted by molar-refractivity contribution is -0.119. The summed E-state index contributed by atoms with van der Waals surface area (Å²) >= 11 is 0. The second-order valence-electron chi connectivity index (χ2n) is 5.20. The van der Waals surface area contributed by atoms with Crippen molar-refractivity contribution < 1.29 is 4.79 Å². The topological polar surface area (TPSA) is 29.1 Å². The molecular weight excluding hydrogens is 174 g/mol. The molecule has 80 valence electrons. The van der Waals surface area contributed by atoms with E-state index in [0.717, 1.165) is 24.8 Å². The minimum absolute atomic E-state index is 0.275. The van der Waals surface area contributed by atoms with Crippen molar-refractivity contribution in [2.75, 3.05) is 6.54 Å². The van der Waals surface area contributed by atoms with E-state index in [1.807, 2.05) is 0 Å². The molecule has 0 radical (unpaired) electrons. The monoisotopic (exact) mass is 195 g/mol. The van der Waals surface area contributed by atoms with Gasteiger partial charge in [0.1, 0.15) is 0 Å². The highest BCUT2D eigenvalue weighted by Crippen LogP contribution is 2.51. The molecule has 2 heteroatoms. The number of carbonyl (C=O) groups excluding carboxylic acids is 1. The van der Waals surface area contributed by atoms with E-state index in [0.29, 0.717) is 5.41 Å². The minimum Gasteiger partial charge on any atom is -0.356 e. The third-order valence-corrected chi connectivity index (χ3v) is 4.30. The van der Waals surface area contributed by atoms with Crippen molar-refractivity contribution in [2.24, 2.45) is 17.3 Å². The highest BCUT2D eigenvalue weighted by molar-refractivity contribution is 5.79. The van der Waals surface area contributed by atoms with Crippen LogP contribution in [0.2, 0.25) is 0 Å². The maximum Gasteiger partial charge on any atom is 0.220 e. The summed E-state index contributed by atoms with van der Waals surface area (Å²) in [4.78, 5) is 11.3. The van der Waals surface area contributed by atoms with E-state index in [-0.39, 0.29) is 5.91 Å². The van der Waals surface area contributed by atoms with E-state index in [1.54, 1.807) is 0 Å². The molecule has 1 saturated heterocycles. The molecule has 2 nitrogen and oxygen atoms in total. The van der Waals surface area contributed by atoms with Crippen LogP contribution in [0, 0.1) is 17.3 Å². The van der Waals surface area contributed by atoms with Crippen LogP contribution in [-0.2, 0) is 4.79 Å². The molecule has 1 heterocycles. The molecule has 0 bridgehead atoms. The van der Waals surface area contributed by atoms with E-state index >= 15 is 0 Å². The van der Waals surface area contributed by atoms with Crippen LogP contribution in [0.1, 0.15) is 46.0 Å². The Balaban J connectivity index is 2.07. The van der Waals surface area contributed by atoms with Crippen LogP contribution >= 0.6 is 0 Å². The SMILES string of the molecule is CC[C@H]1CC2(CNC(=O)C2)C[C@@H]1CC. The number of hydrogen-bond acceptors (Lipinski definition) is 1. The molecule has 0 aromatic heterocycles. The Morgan fingerprint density at radius 2 is 1.86 bits per heavy atom. The van der Waals surface area contributed by atoms with Gasteiger partial charge >= 0.3 is 0 Å². The molecule has 1 saturated carbocycles. The fourth-order valence-corrected chi connectivity index (χ4v) is 3.52. The molecule has 0 aromatic rings. The largest absolute Gasteiger partial charge is 0.356 e. The summed E-state index contributed by atoms with van der Waals surface area (Å²) in [6.45, 7) is 5.52. The van der Waals surface area contributed by atoms with Crippen LogP contribution in [-0.4, -0.2) is 12.5 Å². The summed E-state index contributed by atoms with van der Waals surface area (Å²) in [6, 6.07) is 0. The Morgan fingerprint density at radius 3 is 2.21 bits per heavy atom. The van der Waals surface area contributed by atoms with Gasteiger partial charge in [0.25, 0.3) is 0 Å². The first-order valence-electron chi connectivity index (χ1n) is 5.96. The molecule has 1 spiro atoms. The Kier molecular flexibility index (Phi) is 2.54. The van der Waals surface area contributed by atoms with Crippen molar-refractivity contribution in [2.45, 2.75) is 46.0 Å². The number of amides is 1. The summed E-state index contributed by atoms with van der Waals surface area (Å²) in [5.74, 6) is 2.01. The molecule has 14 heavy (non-hydrogen) atoms. The number of hydrogen-bond donors (Lipinski definition) is 1. The van der Waals surface area contributed by atoms with Gasteiger partial charge in [-0.15, -0.1) is 0 Å². The lowest BCUT2D eigenvalue weighted by atomic mass is 9.84. The molecule has 1 aliphatic heterocycles. The van der Waals surface area contributed by atoms with Gasteiger partial charge in [0.2, 0.25) is 5.91 Å². The van der Waals surface area contributed by atoms with E-state index in [1.165, 1.54) is 25.7 Å². The van der Waals surface area contributed by atoms with Gasteiger partial charge in [-0.1, -0.05) is 26.7 Å². The third-order valence-electron chi connectivity index (χ3n) is 4.30. The van der Waals surface area contributed by atoms with Gasteiger partial charge in [0, 0.05) is 13.0 Å². The van der Waals surface area contributed by atoms with Crippen molar-refractivity contribution in [3.05, 3.63) is 0 Å². The van der Waals surface area contributed by atoms with Crippen LogP contribution in [0.4, 0.5) is 0 Å². The molecule has 1 aliphatic carbocycles. The normalized spacial score (nSPS) is 35.1. The van der Waals surface area contributed by atoms with Crippen LogP contribution in [0.25, 0.3) is 0 Å². The van der Waals surface area contributed by atoms with Crippen LogP contribution < -0.4 is 5.32 Å². The first-order chi connectivity index (χ1) is 6.69. The Labute approximate surface area is 86.5 Å². The maximum atomic E-state index is 11.3. The van der Waals surface area contributed by atoms with Crippen molar-refractivity contribution in [1.82, 2.24) is 5.32 Å². The standard InChI is InChI=1S/C12H21NO/c1-3-9-5-12(6-10(9)4-2)7-11(14)13-8-12/h9-10H,3-8H2,1-2H3,(H,13,14)/t9-,10-/m0/s1. The van der Waals surface area contributed by atoms with Gasteiger partial charge in [-0.25, -0.2) is 0 Å². The zero-order valence-corrected chi connectivity index (χ0v) is 9.31. The number of carbonyl (C=O) groups is 1. The fourth-order valence-electron chi connectivity index (χ4n) is 3.52. The van der Waals surface area contributed by atoms with Gasteiger partial charge in [-0.3, -0.25) is 4.79 Å². The first kappa shape index (κ1) is 10.0. The quantitative estimate of drug-likeness (QED) is 0.720. The second-order valence-corrected chi connectivity index (χ2v) is 5.20. The average Bonchev–Trinajstić information content (AvgIpc) is 2.71. The molecule has 2 fully saturated rings. The van der Waals surface area contributed by atoms with Gasteiger partial charge in [0.15, 0.2) is 0 Å². The Hall–Kier alpha value is -0.530. The molecule has 2 atom stereocenters. The van der Waals surface area contributed by atoms with Crippen LogP contribution in [0.3, 0.4) is 0 Å². The second kappa shape index (κ2) is 3.56. The lowest BCUT2D eigenvalue weighted by Crippen LogP contribution is -2.21. The van der Waals surface area contributed by atoms with Crippen molar-refractivity contribution in [3.8, 4) is 0 Å².